The van der Waals surface area contributed by atoms with Crippen LogP contribution in [0.1, 0.15) is 0 Å². The highest BCUT2D eigenvalue weighted by molar-refractivity contribution is 7.21. The molecule has 0 aliphatic carbocycles. The smallest absolute Gasteiger partial charge is 0.276 e. The Bertz CT molecular complexity index is 857. The van der Waals surface area contributed by atoms with Gasteiger partial charge in [-0.1, -0.05) is 46.9 Å². The van der Waals surface area contributed by atoms with Gasteiger partial charge in [0.2, 0.25) is 0 Å². The van der Waals surface area contributed by atoms with Crippen molar-refractivity contribution in [2.45, 2.75) is 3.79 Å². The molecule has 23 heavy (non-hydrogen) atoms. The van der Waals surface area contributed by atoms with Gasteiger partial charge in [0.1, 0.15) is 10.8 Å². The number of fused-ring (bicyclic) bond motifs is 1. The highest BCUT2D eigenvalue weighted by Crippen LogP contribution is 2.37. The summed E-state index contributed by atoms with van der Waals surface area (Å²) in [5.74, 6) is -0.723. The van der Waals surface area contributed by atoms with Gasteiger partial charge in [-0.3, -0.25) is 4.79 Å². The lowest BCUT2D eigenvalue weighted by Gasteiger charge is -2.12. The van der Waals surface area contributed by atoms with Crippen molar-refractivity contribution in [1.29, 1.82) is 0 Å². The van der Waals surface area contributed by atoms with Gasteiger partial charge in [0.05, 0.1) is 15.8 Å². The number of phenolic OH excluding ortho intramolecular Hbond substituents is 1. The molecule has 0 atom stereocenters. The summed E-state index contributed by atoms with van der Waals surface area (Å²) in [5, 5.41) is 13.2. The van der Waals surface area contributed by atoms with E-state index in [2.05, 4.69) is 10.3 Å². The minimum Gasteiger partial charge on any atom is -0.507 e. The number of aromatic hydroxyl groups is 1. The largest absolute Gasteiger partial charge is 0.507 e. The molecule has 0 aliphatic heterocycles. The number of carbonyl (C=O) groups excluding carboxylic acids is 1. The molecule has 0 bridgehead atoms. The van der Waals surface area contributed by atoms with Crippen molar-refractivity contribution in [2.75, 3.05) is 5.32 Å². The Morgan fingerprint density at radius 2 is 1.91 bits per heavy atom. The number of hydrogen-bond acceptors (Lipinski definition) is 4. The molecule has 1 aromatic heterocycles. The van der Waals surface area contributed by atoms with Gasteiger partial charge in [-0.05, 0) is 30.3 Å². The lowest BCUT2D eigenvalue weighted by atomic mass is 10.2. The number of hydrogen-bond donors (Lipinski definition) is 2. The second kappa shape index (κ2) is 6.17. The standard InChI is InChI=1S/C15H9Cl3N2O2S/c16-15(17,18)14(22)19-8-5-6-11(21)9(7-8)13-20-10-3-1-2-4-12(10)23-13/h1-7,21H,(H,19,22). The maximum absolute atomic E-state index is 11.7. The first-order valence-electron chi connectivity index (χ1n) is 6.42. The molecular formula is C15H9Cl3N2O2S. The lowest BCUT2D eigenvalue weighted by molar-refractivity contribution is -0.115. The van der Waals surface area contributed by atoms with E-state index in [1.807, 2.05) is 24.3 Å². The van der Waals surface area contributed by atoms with Gasteiger partial charge in [0.25, 0.3) is 9.70 Å². The summed E-state index contributed by atoms with van der Waals surface area (Å²) >= 11 is 18.0. The number of nitrogens with one attached hydrogen (secondary N) is 1. The van der Waals surface area contributed by atoms with Crippen molar-refractivity contribution >= 4 is 68.0 Å². The van der Waals surface area contributed by atoms with Crippen LogP contribution in [0, 0.1) is 0 Å². The molecule has 4 nitrogen and oxygen atoms in total. The number of halogens is 3. The van der Waals surface area contributed by atoms with Gasteiger partial charge in [-0.15, -0.1) is 11.3 Å². The van der Waals surface area contributed by atoms with E-state index < -0.39 is 9.70 Å². The van der Waals surface area contributed by atoms with E-state index in [4.69, 9.17) is 34.8 Å². The second-order valence-electron chi connectivity index (χ2n) is 4.67. The predicted molar refractivity (Wildman–Crippen MR) is 95.6 cm³/mol. The molecule has 1 heterocycles. The van der Waals surface area contributed by atoms with Gasteiger partial charge in [0, 0.05) is 5.69 Å². The maximum Gasteiger partial charge on any atom is 0.276 e. The summed E-state index contributed by atoms with van der Waals surface area (Å²) in [5.41, 5.74) is 1.73. The molecule has 3 aromatic rings. The molecule has 0 radical (unpaired) electrons. The first-order chi connectivity index (χ1) is 10.8. The predicted octanol–water partition coefficient (Wildman–Crippen LogP) is 4.98. The van der Waals surface area contributed by atoms with Crippen LogP contribution in [0.5, 0.6) is 5.75 Å². The molecule has 3 rings (SSSR count). The summed E-state index contributed by atoms with van der Waals surface area (Å²) < 4.78 is -1.06. The molecule has 0 saturated carbocycles. The van der Waals surface area contributed by atoms with E-state index in [1.54, 1.807) is 6.07 Å². The van der Waals surface area contributed by atoms with Crippen LogP contribution in [0.15, 0.2) is 42.5 Å². The maximum atomic E-state index is 11.7. The number of alkyl halides is 3. The van der Waals surface area contributed by atoms with E-state index in [0.29, 0.717) is 16.3 Å². The highest BCUT2D eigenvalue weighted by Gasteiger charge is 2.30. The van der Waals surface area contributed by atoms with Crippen molar-refractivity contribution in [1.82, 2.24) is 4.98 Å². The van der Waals surface area contributed by atoms with Crippen molar-refractivity contribution < 1.29 is 9.90 Å². The Labute approximate surface area is 150 Å². The third-order valence-electron chi connectivity index (χ3n) is 3.04. The van der Waals surface area contributed by atoms with E-state index in [1.165, 1.54) is 23.5 Å². The van der Waals surface area contributed by atoms with Crippen molar-refractivity contribution in [3.8, 4) is 16.3 Å². The van der Waals surface area contributed by atoms with Gasteiger partial charge >= 0.3 is 0 Å². The van der Waals surface area contributed by atoms with E-state index in [9.17, 15) is 9.90 Å². The third kappa shape index (κ3) is 3.53. The fourth-order valence-corrected chi connectivity index (χ4v) is 3.11. The zero-order chi connectivity index (χ0) is 16.6. The Kier molecular flexibility index (Phi) is 4.38. The monoisotopic (exact) mass is 386 g/mol. The SMILES string of the molecule is O=C(Nc1ccc(O)c(-c2nc3ccccc3s2)c1)C(Cl)(Cl)Cl. The van der Waals surface area contributed by atoms with Gasteiger partial charge in [-0.2, -0.15) is 0 Å². The third-order valence-corrected chi connectivity index (χ3v) is 4.62. The molecule has 118 valence electrons. The van der Waals surface area contributed by atoms with Gasteiger partial charge in [0.15, 0.2) is 0 Å². The molecule has 0 saturated heterocycles. The summed E-state index contributed by atoms with van der Waals surface area (Å²) in [6.07, 6.45) is 0. The van der Waals surface area contributed by atoms with Crippen LogP contribution in [-0.2, 0) is 4.79 Å². The van der Waals surface area contributed by atoms with Crippen LogP contribution in [0.25, 0.3) is 20.8 Å². The number of para-hydroxylation sites is 1. The number of phenols is 1. The van der Waals surface area contributed by atoms with Crippen molar-refractivity contribution in [3.05, 3.63) is 42.5 Å². The molecule has 2 aromatic carbocycles. The van der Waals surface area contributed by atoms with E-state index in [0.717, 1.165) is 10.2 Å². The molecule has 0 fully saturated rings. The molecule has 0 aliphatic rings. The number of aromatic nitrogens is 1. The average Bonchev–Trinajstić information content (AvgIpc) is 2.91. The molecule has 2 N–H and O–H groups in total. The Morgan fingerprint density at radius 3 is 2.61 bits per heavy atom. The highest BCUT2D eigenvalue weighted by atomic mass is 35.6. The number of rotatable bonds is 2. The number of thiazole rings is 1. The second-order valence-corrected chi connectivity index (χ2v) is 7.98. The molecule has 0 spiro atoms. The van der Waals surface area contributed by atoms with E-state index >= 15 is 0 Å². The lowest BCUT2D eigenvalue weighted by Crippen LogP contribution is -2.26. The topological polar surface area (TPSA) is 62.2 Å². The number of amides is 1. The first kappa shape index (κ1) is 16.3. The van der Waals surface area contributed by atoms with Gasteiger partial charge in [-0.25, -0.2) is 4.98 Å². The van der Waals surface area contributed by atoms with Gasteiger partial charge < -0.3 is 10.4 Å². The van der Waals surface area contributed by atoms with Crippen LogP contribution in [0.4, 0.5) is 5.69 Å². The van der Waals surface area contributed by atoms with Crippen LogP contribution >= 0.6 is 46.1 Å². The Hall–Kier alpha value is -1.53. The Balaban J connectivity index is 1.99. The average molecular weight is 388 g/mol. The molecular weight excluding hydrogens is 379 g/mol. The van der Waals surface area contributed by atoms with Crippen LogP contribution in [0.2, 0.25) is 0 Å². The van der Waals surface area contributed by atoms with Crippen LogP contribution in [-0.4, -0.2) is 19.8 Å². The number of carbonyl (C=O) groups is 1. The zero-order valence-electron chi connectivity index (χ0n) is 11.4. The van der Waals surface area contributed by atoms with Crippen LogP contribution < -0.4 is 5.32 Å². The molecule has 1 amide bonds. The quantitative estimate of drug-likeness (QED) is 0.481. The summed E-state index contributed by atoms with van der Waals surface area (Å²) in [4.78, 5) is 16.2. The fourth-order valence-electron chi connectivity index (χ4n) is 1.97. The normalized spacial score (nSPS) is 11.6. The van der Waals surface area contributed by atoms with Crippen molar-refractivity contribution in [2.24, 2.45) is 0 Å². The number of benzene rings is 2. The minimum absolute atomic E-state index is 0.0518. The molecule has 8 heteroatoms. The fraction of sp³-hybridized carbons (Fsp3) is 0.0667. The summed E-state index contributed by atoms with van der Waals surface area (Å²) in [6.45, 7) is 0. The zero-order valence-corrected chi connectivity index (χ0v) is 14.5. The summed E-state index contributed by atoms with van der Waals surface area (Å²) in [7, 11) is 0. The number of anilines is 1. The molecule has 0 unspecified atom stereocenters. The van der Waals surface area contributed by atoms with E-state index in [-0.39, 0.29) is 5.75 Å². The number of nitrogens with zero attached hydrogens (tertiary/aromatic N) is 1. The van der Waals surface area contributed by atoms with Crippen molar-refractivity contribution in [3.63, 3.8) is 0 Å². The minimum atomic E-state index is -2.06. The van der Waals surface area contributed by atoms with Crippen LogP contribution in [0.3, 0.4) is 0 Å². The summed E-state index contributed by atoms with van der Waals surface area (Å²) in [6, 6.07) is 12.2. The first-order valence-corrected chi connectivity index (χ1v) is 8.37. The Morgan fingerprint density at radius 1 is 1.17 bits per heavy atom.